The molecule has 0 amide bonds. The van der Waals surface area contributed by atoms with Crippen LogP contribution >= 0.6 is 15.9 Å². The molecule has 0 aromatic heterocycles. The summed E-state index contributed by atoms with van der Waals surface area (Å²) >= 11 is 3.43. The normalized spacial score (nSPS) is 23.5. The molecule has 0 aliphatic carbocycles. The predicted molar refractivity (Wildman–Crippen MR) is 71.4 cm³/mol. The maximum atomic E-state index is 12.0. The Hall–Kier alpha value is 0.390. The largest absolute Gasteiger partial charge is 0.214 e. The van der Waals surface area contributed by atoms with Gasteiger partial charge >= 0.3 is 0 Å². The molecule has 0 aromatic carbocycles. The molecule has 1 fully saturated rings. The van der Waals surface area contributed by atoms with Gasteiger partial charge < -0.3 is 0 Å². The standard InChI is InChI=1S/C11H22BrNO2S/c1-2-3-9-16(14,15)13-8-4-5-11(10-13)6-7-12/h11H,2-10H2,1H3. The highest BCUT2D eigenvalue weighted by molar-refractivity contribution is 9.09. The van der Waals surface area contributed by atoms with Gasteiger partial charge in [-0.1, -0.05) is 29.3 Å². The lowest BCUT2D eigenvalue weighted by Crippen LogP contribution is -2.41. The van der Waals surface area contributed by atoms with Crippen LogP contribution < -0.4 is 0 Å². The molecular formula is C11H22BrNO2S. The fourth-order valence-electron chi connectivity index (χ4n) is 2.13. The van der Waals surface area contributed by atoms with Gasteiger partial charge in [0.25, 0.3) is 0 Å². The molecule has 5 heteroatoms. The van der Waals surface area contributed by atoms with Crippen LogP contribution in [0, 0.1) is 5.92 Å². The monoisotopic (exact) mass is 311 g/mol. The van der Waals surface area contributed by atoms with Gasteiger partial charge in [-0.2, -0.15) is 0 Å². The molecule has 16 heavy (non-hydrogen) atoms. The Balaban J connectivity index is 2.52. The van der Waals surface area contributed by atoms with Gasteiger partial charge in [0.05, 0.1) is 5.75 Å². The van der Waals surface area contributed by atoms with Gasteiger partial charge in [-0.05, 0) is 31.6 Å². The maximum absolute atomic E-state index is 12.0. The summed E-state index contributed by atoms with van der Waals surface area (Å²) in [5, 5.41) is 0.973. The van der Waals surface area contributed by atoms with Gasteiger partial charge in [-0.25, -0.2) is 12.7 Å². The average molecular weight is 312 g/mol. The van der Waals surface area contributed by atoms with Crippen LogP contribution in [0.25, 0.3) is 0 Å². The van der Waals surface area contributed by atoms with Crippen molar-refractivity contribution in [3.8, 4) is 0 Å². The van der Waals surface area contributed by atoms with E-state index in [1.165, 1.54) is 6.42 Å². The highest BCUT2D eigenvalue weighted by Gasteiger charge is 2.27. The Morgan fingerprint density at radius 2 is 2.19 bits per heavy atom. The first-order chi connectivity index (χ1) is 7.60. The van der Waals surface area contributed by atoms with Crippen molar-refractivity contribution in [2.75, 3.05) is 24.2 Å². The van der Waals surface area contributed by atoms with Crippen molar-refractivity contribution >= 4 is 26.0 Å². The predicted octanol–water partition coefficient (Wildman–Crippen LogP) is 2.61. The third kappa shape index (κ3) is 4.34. The fraction of sp³-hybridized carbons (Fsp3) is 1.00. The summed E-state index contributed by atoms with van der Waals surface area (Å²) in [5.41, 5.74) is 0. The van der Waals surface area contributed by atoms with Gasteiger partial charge in [0.1, 0.15) is 0 Å². The van der Waals surface area contributed by atoms with Crippen LogP contribution in [-0.4, -0.2) is 36.9 Å². The molecule has 1 aliphatic rings. The molecule has 1 atom stereocenters. The zero-order chi connectivity index (χ0) is 12.0. The minimum atomic E-state index is -2.98. The van der Waals surface area contributed by atoms with E-state index in [2.05, 4.69) is 15.9 Å². The molecule has 3 nitrogen and oxygen atoms in total. The van der Waals surface area contributed by atoms with E-state index >= 15 is 0 Å². The number of rotatable bonds is 6. The van der Waals surface area contributed by atoms with E-state index in [0.29, 0.717) is 11.7 Å². The van der Waals surface area contributed by atoms with E-state index in [1.54, 1.807) is 4.31 Å². The molecule has 1 unspecified atom stereocenters. The van der Waals surface area contributed by atoms with Crippen LogP contribution in [0.5, 0.6) is 0 Å². The number of unbranched alkanes of at least 4 members (excludes halogenated alkanes) is 1. The van der Waals surface area contributed by atoms with Crippen molar-refractivity contribution in [3.05, 3.63) is 0 Å². The van der Waals surface area contributed by atoms with Crippen LogP contribution in [0.1, 0.15) is 39.0 Å². The summed E-state index contributed by atoms with van der Waals surface area (Å²) in [5.74, 6) is 0.870. The Kier molecular flexibility index (Phi) is 6.29. The van der Waals surface area contributed by atoms with E-state index in [4.69, 9.17) is 0 Å². The van der Waals surface area contributed by atoms with E-state index in [1.807, 2.05) is 6.92 Å². The third-order valence-corrected chi connectivity index (χ3v) is 5.53. The summed E-state index contributed by atoms with van der Waals surface area (Å²) < 4.78 is 25.7. The average Bonchev–Trinajstić information content (AvgIpc) is 2.27. The first-order valence-corrected chi connectivity index (χ1v) is 8.87. The minimum absolute atomic E-state index is 0.324. The second kappa shape index (κ2) is 6.97. The second-order valence-electron chi connectivity index (χ2n) is 4.51. The molecule has 0 aromatic rings. The Morgan fingerprint density at radius 3 is 2.81 bits per heavy atom. The Bertz CT molecular complexity index is 290. The second-order valence-corrected chi connectivity index (χ2v) is 7.39. The van der Waals surface area contributed by atoms with Gasteiger partial charge in [0, 0.05) is 18.4 Å². The number of nitrogens with zero attached hydrogens (tertiary/aromatic N) is 1. The number of alkyl halides is 1. The molecular weight excluding hydrogens is 290 g/mol. The smallest absolute Gasteiger partial charge is 0.212 e. The third-order valence-electron chi connectivity index (χ3n) is 3.15. The van der Waals surface area contributed by atoms with Crippen molar-refractivity contribution in [3.63, 3.8) is 0 Å². The van der Waals surface area contributed by atoms with E-state index in [0.717, 1.165) is 44.1 Å². The van der Waals surface area contributed by atoms with Crippen LogP contribution in [0.15, 0.2) is 0 Å². The van der Waals surface area contributed by atoms with Crippen LogP contribution in [0.3, 0.4) is 0 Å². The highest BCUT2D eigenvalue weighted by atomic mass is 79.9. The molecule has 1 rings (SSSR count). The first kappa shape index (κ1) is 14.5. The minimum Gasteiger partial charge on any atom is -0.212 e. The lowest BCUT2D eigenvalue weighted by Gasteiger charge is -2.31. The quantitative estimate of drug-likeness (QED) is 0.707. The zero-order valence-electron chi connectivity index (χ0n) is 9.99. The highest BCUT2D eigenvalue weighted by Crippen LogP contribution is 2.22. The van der Waals surface area contributed by atoms with Crippen molar-refractivity contribution < 1.29 is 8.42 Å². The molecule has 0 N–H and O–H groups in total. The van der Waals surface area contributed by atoms with E-state index in [9.17, 15) is 8.42 Å². The molecule has 0 saturated carbocycles. The van der Waals surface area contributed by atoms with Crippen molar-refractivity contribution in [2.45, 2.75) is 39.0 Å². The van der Waals surface area contributed by atoms with Gasteiger partial charge in [-0.15, -0.1) is 0 Å². The van der Waals surface area contributed by atoms with Crippen molar-refractivity contribution in [1.82, 2.24) is 4.31 Å². The molecule has 1 aliphatic heterocycles. The van der Waals surface area contributed by atoms with E-state index in [-0.39, 0.29) is 0 Å². The summed E-state index contributed by atoms with van der Waals surface area (Å²) in [6, 6.07) is 0. The lowest BCUT2D eigenvalue weighted by atomic mass is 9.97. The number of hydrogen-bond donors (Lipinski definition) is 0. The zero-order valence-corrected chi connectivity index (χ0v) is 12.4. The summed E-state index contributed by atoms with van der Waals surface area (Å²) in [6.07, 6.45) is 4.99. The lowest BCUT2D eigenvalue weighted by molar-refractivity contribution is 0.263. The molecule has 0 spiro atoms. The van der Waals surface area contributed by atoms with Crippen LogP contribution in [0.4, 0.5) is 0 Å². The number of halogens is 1. The molecule has 1 saturated heterocycles. The van der Waals surface area contributed by atoms with E-state index < -0.39 is 10.0 Å². The number of sulfonamides is 1. The van der Waals surface area contributed by atoms with Crippen LogP contribution in [-0.2, 0) is 10.0 Å². The Morgan fingerprint density at radius 1 is 1.44 bits per heavy atom. The molecule has 96 valence electrons. The van der Waals surface area contributed by atoms with Gasteiger partial charge in [0.15, 0.2) is 0 Å². The van der Waals surface area contributed by atoms with Crippen LogP contribution in [0.2, 0.25) is 0 Å². The number of piperidine rings is 1. The molecule has 1 heterocycles. The fourth-order valence-corrected chi connectivity index (χ4v) is 4.53. The summed E-state index contributed by atoms with van der Waals surface area (Å²) in [7, 11) is -2.98. The Labute approximate surface area is 108 Å². The number of hydrogen-bond acceptors (Lipinski definition) is 2. The molecule has 0 radical (unpaired) electrons. The maximum Gasteiger partial charge on any atom is 0.214 e. The van der Waals surface area contributed by atoms with Gasteiger partial charge in [-0.3, -0.25) is 0 Å². The van der Waals surface area contributed by atoms with Crippen molar-refractivity contribution in [2.24, 2.45) is 5.92 Å². The van der Waals surface area contributed by atoms with Crippen molar-refractivity contribution in [1.29, 1.82) is 0 Å². The first-order valence-electron chi connectivity index (χ1n) is 6.14. The van der Waals surface area contributed by atoms with Gasteiger partial charge in [0.2, 0.25) is 10.0 Å². The summed E-state index contributed by atoms with van der Waals surface area (Å²) in [6.45, 7) is 3.49. The molecule has 0 bridgehead atoms. The summed E-state index contributed by atoms with van der Waals surface area (Å²) in [4.78, 5) is 0. The topological polar surface area (TPSA) is 37.4 Å². The SMILES string of the molecule is CCCCS(=O)(=O)N1CCCC(CCBr)C1.